The smallest absolute Gasteiger partial charge is 0.157 e. The van der Waals surface area contributed by atoms with Gasteiger partial charge in [0.05, 0.1) is 0 Å². The SMILES string of the molecule is CC(C)CCC[C@@H](C)[C@H]1CCC2C3C(CC[C@@]21C)[C@@]1(C)CCC(=O)C=C1N[C@H]3C. The van der Waals surface area contributed by atoms with Crippen molar-refractivity contribution in [2.75, 3.05) is 0 Å². The molecule has 0 spiro atoms. The Hall–Kier alpha value is -0.790. The molecule has 1 heterocycles. The highest BCUT2D eigenvalue weighted by Gasteiger charge is 2.61. The van der Waals surface area contributed by atoms with E-state index < -0.39 is 0 Å². The molecule has 164 valence electrons. The van der Waals surface area contributed by atoms with Gasteiger partial charge in [-0.3, -0.25) is 4.79 Å². The Kier molecular flexibility index (Phi) is 5.71. The first-order chi connectivity index (χ1) is 13.7. The summed E-state index contributed by atoms with van der Waals surface area (Å²) in [5.74, 6) is 5.33. The molecule has 2 heteroatoms. The summed E-state index contributed by atoms with van der Waals surface area (Å²) in [5.41, 5.74) is 1.99. The fourth-order valence-electron chi connectivity index (χ4n) is 8.51. The van der Waals surface area contributed by atoms with Gasteiger partial charge in [-0.15, -0.1) is 0 Å². The normalized spacial score (nSPS) is 45.1. The van der Waals surface area contributed by atoms with Crippen molar-refractivity contribution in [3.05, 3.63) is 11.8 Å². The van der Waals surface area contributed by atoms with Crippen molar-refractivity contribution in [3.63, 3.8) is 0 Å². The van der Waals surface area contributed by atoms with Crippen LogP contribution in [0.25, 0.3) is 0 Å². The molecule has 2 saturated carbocycles. The standard InChI is InChI=1S/C27H45NO/c1-17(2)8-7-9-18(3)21-10-11-22-25-19(4)28-24-16-20(29)12-14-27(24,6)23(25)13-15-26(21,22)5/h16-19,21-23,25,28H,7-15H2,1-6H3/t18-,19+,21-,22?,23?,25?,26-,27-/m1/s1. The van der Waals surface area contributed by atoms with E-state index in [0.717, 1.165) is 48.3 Å². The number of fused-ring (bicyclic) bond motifs is 5. The molecule has 3 unspecified atom stereocenters. The van der Waals surface area contributed by atoms with Gasteiger partial charge in [-0.2, -0.15) is 0 Å². The van der Waals surface area contributed by atoms with E-state index in [1.165, 1.54) is 50.6 Å². The highest BCUT2D eigenvalue weighted by molar-refractivity contribution is 5.91. The van der Waals surface area contributed by atoms with Crippen LogP contribution in [0.5, 0.6) is 0 Å². The second-order valence-electron chi connectivity index (χ2n) is 12.2. The molecule has 1 aliphatic heterocycles. The Balaban J connectivity index is 1.54. The lowest BCUT2D eigenvalue weighted by molar-refractivity contribution is -0.118. The number of carbonyl (C=O) groups excluding carboxylic acids is 1. The Labute approximate surface area is 179 Å². The zero-order chi connectivity index (χ0) is 21.0. The lowest BCUT2D eigenvalue weighted by Crippen LogP contribution is -2.60. The van der Waals surface area contributed by atoms with Crippen molar-refractivity contribution >= 4 is 5.78 Å². The first-order valence-electron chi connectivity index (χ1n) is 12.7. The number of carbonyl (C=O) groups is 1. The van der Waals surface area contributed by atoms with E-state index in [1.54, 1.807) is 0 Å². The monoisotopic (exact) mass is 399 g/mol. The van der Waals surface area contributed by atoms with Gasteiger partial charge in [-0.1, -0.05) is 53.9 Å². The van der Waals surface area contributed by atoms with Gasteiger partial charge in [-0.05, 0) is 80.0 Å². The summed E-state index contributed by atoms with van der Waals surface area (Å²) < 4.78 is 0. The minimum Gasteiger partial charge on any atom is -0.385 e. The van der Waals surface area contributed by atoms with E-state index in [2.05, 4.69) is 46.9 Å². The number of piperidine rings is 1. The zero-order valence-electron chi connectivity index (χ0n) is 19.9. The number of allylic oxidation sites excluding steroid dienone is 2. The summed E-state index contributed by atoms with van der Waals surface area (Å²) in [6, 6.07) is 0.504. The number of rotatable bonds is 5. The minimum absolute atomic E-state index is 0.202. The van der Waals surface area contributed by atoms with Crippen LogP contribution >= 0.6 is 0 Å². The molecule has 1 saturated heterocycles. The maximum Gasteiger partial charge on any atom is 0.157 e. The first kappa shape index (κ1) is 21.4. The number of hydrogen-bond donors (Lipinski definition) is 1. The van der Waals surface area contributed by atoms with Crippen molar-refractivity contribution in [1.29, 1.82) is 0 Å². The first-order valence-corrected chi connectivity index (χ1v) is 12.7. The van der Waals surface area contributed by atoms with Crippen LogP contribution in [0.15, 0.2) is 11.8 Å². The molecule has 8 atom stereocenters. The summed E-state index contributed by atoms with van der Waals surface area (Å²) in [7, 11) is 0. The summed E-state index contributed by atoms with van der Waals surface area (Å²) in [5, 5.41) is 3.85. The lowest BCUT2D eigenvalue weighted by Gasteiger charge is -2.60. The molecule has 0 radical (unpaired) electrons. The number of ketones is 1. The maximum absolute atomic E-state index is 12.1. The predicted octanol–water partition coefficient (Wildman–Crippen LogP) is 6.75. The van der Waals surface area contributed by atoms with Crippen LogP contribution in [0.2, 0.25) is 0 Å². The van der Waals surface area contributed by atoms with Crippen molar-refractivity contribution in [2.45, 2.75) is 105 Å². The Morgan fingerprint density at radius 3 is 2.55 bits per heavy atom. The van der Waals surface area contributed by atoms with Gasteiger partial charge in [-0.25, -0.2) is 0 Å². The molecule has 0 aromatic rings. The number of nitrogens with one attached hydrogen (secondary N) is 1. The Morgan fingerprint density at radius 2 is 1.83 bits per heavy atom. The van der Waals surface area contributed by atoms with Gasteiger partial charge in [0.1, 0.15) is 0 Å². The minimum atomic E-state index is 0.202. The topological polar surface area (TPSA) is 29.1 Å². The van der Waals surface area contributed by atoms with Crippen LogP contribution in [0.1, 0.15) is 99.3 Å². The summed E-state index contributed by atoms with van der Waals surface area (Å²) in [6.45, 7) is 14.8. The van der Waals surface area contributed by atoms with Crippen LogP contribution < -0.4 is 5.32 Å². The lowest BCUT2D eigenvalue weighted by atomic mass is 9.48. The molecule has 0 aromatic heterocycles. The molecule has 3 fully saturated rings. The van der Waals surface area contributed by atoms with E-state index >= 15 is 0 Å². The van der Waals surface area contributed by atoms with Gasteiger partial charge in [0.25, 0.3) is 0 Å². The molecule has 0 aromatic carbocycles. The molecular weight excluding hydrogens is 354 g/mol. The fourth-order valence-corrected chi connectivity index (χ4v) is 8.51. The van der Waals surface area contributed by atoms with Crippen molar-refractivity contribution in [2.24, 2.45) is 46.3 Å². The molecule has 0 bridgehead atoms. The van der Waals surface area contributed by atoms with E-state index in [4.69, 9.17) is 0 Å². The fraction of sp³-hybridized carbons (Fsp3) is 0.889. The molecule has 3 aliphatic carbocycles. The second kappa shape index (κ2) is 7.72. The van der Waals surface area contributed by atoms with Crippen LogP contribution in [0, 0.1) is 46.3 Å². The molecule has 29 heavy (non-hydrogen) atoms. The third-order valence-corrected chi connectivity index (χ3v) is 10.1. The zero-order valence-corrected chi connectivity index (χ0v) is 19.9. The average molecular weight is 400 g/mol. The third kappa shape index (κ3) is 3.51. The van der Waals surface area contributed by atoms with Gasteiger partial charge in [0.2, 0.25) is 0 Å². The van der Waals surface area contributed by atoms with Crippen LogP contribution in [-0.4, -0.2) is 11.8 Å². The highest BCUT2D eigenvalue weighted by atomic mass is 16.1. The molecule has 4 rings (SSSR count). The van der Waals surface area contributed by atoms with Crippen molar-refractivity contribution in [1.82, 2.24) is 5.32 Å². The van der Waals surface area contributed by atoms with E-state index in [9.17, 15) is 4.79 Å². The molecule has 4 aliphatic rings. The molecule has 2 nitrogen and oxygen atoms in total. The molecule has 1 N–H and O–H groups in total. The van der Waals surface area contributed by atoms with Crippen LogP contribution in [-0.2, 0) is 4.79 Å². The van der Waals surface area contributed by atoms with E-state index in [-0.39, 0.29) is 5.41 Å². The second-order valence-corrected chi connectivity index (χ2v) is 12.2. The average Bonchev–Trinajstić information content (AvgIpc) is 3.00. The van der Waals surface area contributed by atoms with Gasteiger partial charge in [0.15, 0.2) is 5.78 Å². The largest absolute Gasteiger partial charge is 0.385 e. The van der Waals surface area contributed by atoms with Gasteiger partial charge < -0.3 is 5.32 Å². The Bertz CT molecular complexity index is 665. The van der Waals surface area contributed by atoms with Gasteiger partial charge >= 0.3 is 0 Å². The Morgan fingerprint density at radius 1 is 1.07 bits per heavy atom. The third-order valence-electron chi connectivity index (χ3n) is 10.1. The van der Waals surface area contributed by atoms with Crippen LogP contribution in [0.3, 0.4) is 0 Å². The number of hydrogen-bond acceptors (Lipinski definition) is 2. The highest BCUT2D eigenvalue weighted by Crippen LogP contribution is 2.66. The van der Waals surface area contributed by atoms with Crippen LogP contribution in [0.4, 0.5) is 0 Å². The molecule has 0 amide bonds. The van der Waals surface area contributed by atoms with Crippen molar-refractivity contribution < 1.29 is 4.79 Å². The summed E-state index contributed by atoms with van der Waals surface area (Å²) in [4.78, 5) is 12.1. The summed E-state index contributed by atoms with van der Waals surface area (Å²) in [6.07, 6.45) is 13.6. The van der Waals surface area contributed by atoms with Crippen molar-refractivity contribution in [3.8, 4) is 0 Å². The summed E-state index contributed by atoms with van der Waals surface area (Å²) >= 11 is 0. The van der Waals surface area contributed by atoms with Gasteiger partial charge in [0, 0.05) is 29.7 Å². The predicted molar refractivity (Wildman–Crippen MR) is 121 cm³/mol. The maximum atomic E-state index is 12.1. The van der Waals surface area contributed by atoms with E-state index in [0.29, 0.717) is 17.2 Å². The molecular formula is C27H45NO. The van der Waals surface area contributed by atoms with E-state index in [1.807, 2.05) is 6.08 Å². The quantitative estimate of drug-likeness (QED) is 0.554.